The number of nitrogens with zero attached hydrogens (tertiary/aromatic N) is 2. The summed E-state index contributed by atoms with van der Waals surface area (Å²) in [6.07, 6.45) is 3.09. The van der Waals surface area contributed by atoms with Gasteiger partial charge in [0.15, 0.2) is 15.7 Å². The van der Waals surface area contributed by atoms with Gasteiger partial charge in [-0.2, -0.15) is 4.98 Å². The molecule has 1 heterocycles. The van der Waals surface area contributed by atoms with Crippen LogP contribution in [0.4, 0.5) is 0 Å². The molecule has 0 aliphatic rings. The largest absolute Gasteiger partial charge is 0.339 e. The second-order valence-electron chi connectivity index (χ2n) is 5.22. The zero-order valence-corrected chi connectivity index (χ0v) is 13.7. The molecule has 0 fully saturated rings. The van der Waals surface area contributed by atoms with Gasteiger partial charge in [0.2, 0.25) is 5.89 Å². The van der Waals surface area contributed by atoms with Crippen LogP contribution in [-0.2, 0) is 9.84 Å². The molecule has 7 heteroatoms. The highest BCUT2D eigenvalue weighted by atomic mass is 32.2. The standard InChI is InChI=1S/C13H25N3O3S/c1-6-8-14-9(3)11(7-2)13-15-12(16-19-13)10(4)20(5,17)18/h9-11,14H,6-8H2,1-5H3. The molecule has 0 spiro atoms. The fourth-order valence-corrected chi connectivity index (χ4v) is 2.49. The zero-order valence-electron chi connectivity index (χ0n) is 12.9. The molecule has 0 aromatic carbocycles. The molecule has 0 saturated heterocycles. The van der Waals surface area contributed by atoms with Crippen LogP contribution < -0.4 is 5.32 Å². The molecule has 1 aromatic rings. The second-order valence-corrected chi connectivity index (χ2v) is 7.59. The zero-order chi connectivity index (χ0) is 15.3. The van der Waals surface area contributed by atoms with Gasteiger partial charge in [0.25, 0.3) is 0 Å². The normalized spacial score (nSPS) is 16.9. The highest BCUT2D eigenvalue weighted by Gasteiger charge is 2.27. The van der Waals surface area contributed by atoms with Crippen LogP contribution in [0.3, 0.4) is 0 Å². The smallest absolute Gasteiger partial charge is 0.231 e. The van der Waals surface area contributed by atoms with Crippen molar-refractivity contribution in [1.29, 1.82) is 0 Å². The third-order valence-corrected chi connectivity index (χ3v) is 5.04. The summed E-state index contributed by atoms with van der Waals surface area (Å²) in [5, 5.41) is 6.49. The van der Waals surface area contributed by atoms with Gasteiger partial charge in [0.1, 0.15) is 5.25 Å². The lowest BCUT2D eigenvalue weighted by Crippen LogP contribution is -2.32. The number of hydrogen-bond donors (Lipinski definition) is 1. The first-order chi connectivity index (χ1) is 9.31. The Bertz CT molecular complexity index is 513. The van der Waals surface area contributed by atoms with E-state index in [0.717, 1.165) is 19.4 Å². The van der Waals surface area contributed by atoms with Gasteiger partial charge < -0.3 is 9.84 Å². The Labute approximate surface area is 121 Å². The van der Waals surface area contributed by atoms with Crippen molar-refractivity contribution < 1.29 is 12.9 Å². The summed E-state index contributed by atoms with van der Waals surface area (Å²) in [6.45, 7) is 8.74. The van der Waals surface area contributed by atoms with Crippen LogP contribution in [0.1, 0.15) is 63.4 Å². The summed E-state index contributed by atoms with van der Waals surface area (Å²) in [7, 11) is -3.21. The molecule has 0 aliphatic heterocycles. The minimum Gasteiger partial charge on any atom is -0.339 e. The Kier molecular flexibility index (Phi) is 6.13. The van der Waals surface area contributed by atoms with E-state index in [1.165, 1.54) is 6.26 Å². The van der Waals surface area contributed by atoms with E-state index in [1.54, 1.807) is 6.92 Å². The molecule has 1 rings (SSSR count). The predicted octanol–water partition coefficient (Wildman–Crippen LogP) is 2.06. The van der Waals surface area contributed by atoms with Crippen molar-refractivity contribution in [3.63, 3.8) is 0 Å². The summed E-state index contributed by atoms with van der Waals surface area (Å²) in [6, 6.07) is 0.210. The average molecular weight is 303 g/mol. The van der Waals surface area contributed by atoms with E-state index in [-0.39, 0.29) is 17.8 Å². The minimum atomic E-state index is -3.21. The van der Waals surface area contributed by atoms with Crippen molar-refractivity contribution in [3.05, 3.63) is 11.7 Å². The monoisotopic (exact) mass is 303 g/mol. The number of aromatic nitrogens is 2. The van der Waals surface area contributed by atoms with Gasteiger partial charge in [0.05, 0.1) is 5.92 Å². The predicted molar refractivity (Wildman–Crippen MR) is 78.3 cm³/mol. The molecule has 116 valence electrons. The second kappa shape index (κ2) is 7.17. The van der Waals surface area contributed by atoms with Gasteiger partial charge >= 0.3 is 0 Å². The molecular weight excluding hydrogens is 278 g/mol. The highest BCUT2D eigenvalue weighted by molar-refractivity contribution is 7.90. The van der Waals surface area contributed by atoms with Crippen molar-refractivity contribution in [2.24, 2.45) is 0 Å². The molecule has 20 heavy (non-hydrogen) atoms. The maximum atomic E-state index is 11.5. The van der Waals surface area contributed by atoms with Gasteiger partial charge in [0, 0.05) is 12.3 Å². The maximum absolute atomic E-state index is 11.5. The van der Waals surface area contributed by atoms with Crippen LogP contribution in [0, 0.1) is 0 Å². The van der Waals surface area contributed by atoms with Crippen LogP contribution >= 0.6 is 0 Å². The molecule has 1 aromatic heterocycles. The third kappa shape index (κ3) is 4.28. The van der Waals surface area contributed by atoms with Crippen LogP contribution in [0.25, 0.3) is 0 Å². The highest BCUT2D eigenvalue weighted by Crippen LogP contribution is 2.25. The SMILES string of the molecule is CCCNC(C)C(CC)c1nc(C(C)S(C)(=O)=O)no1. The number of sulfone groups is 1. The van der Waals surface area contributed by atoms with E-state index in [4.69, 9.17) is 4.52 Å². The maximum Gasteiger partial charge on any atom is 0.231 e. The summed E-state index contributed by atoms with van der Waals surface area (Å²) in [5.74, 6) is 0.840. The lowest BCUT2D eigenvalue weighted by molar-refractivity contribution is 0.314. The van der Waals surface area contributed by atoms with Crippen molar-refractivity contribution in [3.8, 4) is 0 Å². The summed E-state index contributed by atoms with van der Waals surface area (Å²) in [5.41, 5.74) is 0. The van der Waals surface area contributed by atoms with Gasteiger partial charge in [-0.15, -0.1) is 0 Å². The summed E-state index contributed by atoms with van der Waals surface area (Å²) >= 11 is 0. The third-order valence-electron chi connectivity index (χ3n) is 3.54. The van der Waals surface area contributed by atoms with Crippen LogP contribution in [0.5, 0.6) is 0 Å². The van der Waals surface area contributed by atoms with Gasteiger partial charge in [-0.1, -0.05) is 19.0 Å². The molecule has 3 unspecified atom stereocenters. The fourth-order valence-electron chi connectivity index (χ4n) is 2.01. The van der Waals surface area contributed by atoms with Crippen LogP contribution in [0.15, 0.2) is 4.52 Å². The molecular formula is C13H25N3O3S. The Morgan fingerprint density at radius 3 is 2.45 bits per heavy atom. The first kappa shape index (κ1) is 17.1. The van der Waals surface area contributed by atoms with Crippen molar-refractivity contribution in [1.82, 2.24) is 15.5 Å². The topological polar surface area (TPSA) is 85.1 Å². The number of rotatable bonds is 8. The van der Waals surface area contributed by atoms with E-state index in [0.29, 0.717) is 5.89 Å². The number of nitrogens with one attached hydrogen (secondary N) is 1. The molecule has 6 nitrogen and oxygen atoms in total. The van der Waals surface area contributed by atoms with Gasteiger partial charge in [-0.3, -0.25) is 0 Å². The first-order valence-corrected chi connectivity index (χ1v) is 9.02. The van der Waals surface area contributed by atoms with E-state index < -0.39 is 15.1 Å². The van der Waals surface area contributed by atoms with Crippen LogP contribution in [-0.4, -0.2) is 37.4 Å². The van der Waals surface area contributed by atoms with E-state index in [2.05, 4.69) is 36.2 Å². The van der Waals surface area contributed by atoms with Crippen molar-refractivity contribution in [2.75, 3.05) is 12.8 Å². The minimum absolute atomic E-state index is 0.0922. The lowest BCUT2D eigenvalue weighted by Gasteiger charge is -2.20. The molecule has 0 radical (unpaired) electrons. The van der Waals surface area contributed by atoms with E-state index >= 15 is 0 Å². The van der Waals surface area contributed by atoms with E-state index in [9.17, 15) is 8.42 Å². The average Bonchev–Trinajstić information content (AvgIpc) is 2.84. The Hall–Kier alpha value is -0.950. The molecule has 0 aliphatic carbocycles. The Morgan fingerprint density at radius 1 is 1.30 bits per heavy atom. The Balaban J connectivity index is 2.88. The fraction of sp³-hybridized carbons (Fsp3) is 0.846. The summed E-state index contributed by atoms with van der Waals surface area (Å²) in [4.78, 5) is 4.28. The molecule has 0 saturated carbocycles. The summed E-state index contributed by atoms with van der Waals surface area (Å²) < 4.78 is 28.3. The molecule has 3 atom stereocenters. The Morgan fingerprint density at radius 2 is 1.95 bits per heavy atom. The van der Waals surface area contributed by atoms with Crippen LogP contribution in [0.2, 0.25) is 0 Å². The first-order valence-electron chi connectivity index (χ1n) is 7.06. The lowest BCUT2D eigenvalue weighted by atomic mass is 9.98. The van der Waals surface area contributed by atoms with Crippen molar-refractivity contribution in [2.45, 2.75) is 57.7 Å². The van der Waals surface area contributed by atoms with E-state index in [1.807, 2.05) is 0 Å². The van der Waals surface area contributed by atoms with Gasteiger partial charge in [-0.05, 0) is 33.2 Å². The molecule has 0 bridgehead atoms. The molecule has 0 amide bonds. The number of hydrogen-bond acceptors (Lipinski definition) is 6. The van der Waals surface area contributed by atoms with Crippen molar-refractivity contribution >= 4 is 9.84 Å². The van der Waals surface area contributed by atoms with Gasteiger partial charge in [-0.25, -0.2) is 8.42 Å². The molecule has 1 N–H and O–H groups in total. The quantitative estimate of drug-likeness (QED) is 0.791.